The van der Waals surface area contributed by atoms with Gasteiger partial charge in [-0.2, -0.15) is 0 Å². The summed E-state index contributed by atoms with van der Waals surface area (Å²) in [6.07, 6.45) is 96.8. The van der Waals surface area contributed by atoms with Gasteiger partial charge in [0.05, 0.1) is 0 Å². The number of esters is 3. The van der Waals surface area contributed by atoms with E-state index in [-0.39, 0.29) is 37.5 Å². The van der Waals surface area contributed by atoms with Crippen LogP contribution in [0.15, 0.2) is 158 Å². The van der Waals surface area contributed by atoms with Crippen molar-refractivity contribution in [1.29, 1.82) is 0 Å². The molecule has 0 aliphatic carbocycles. The Balaban J connectivity index is 4.44. The first-order chi connectivity index (χ1) is 39.5. The number of unbranched alkanes of at least 4 members (excludes halogenated alkanes) is 20. The first-order valence-corrected chi connectivity index (χ1v) is 32.5. The molecule has 80 heavy (non-hydrogen) atoms. The molecule has 450 valence electrons. The van der Waals surface area contributed by atoms with Gasteiger partial charge in [-0.25, -0.2) is 0 Å². The molecule has 1 atom stereocenters. The number of allylic oxidation sites excluding steroid dienone is 26. The number of rotatable bonds is 57. The highest BCUT2D eigenvalue weighted by Gasteiger charge is 2.19. The van der Waals surface area contributed by atoms with Crippen molar-refractivity contribution < 1.29 is 28.6 Å². The van der Waals surface area contributed by atoms with Crippen LogP contribution in [-0.4, -0.2) is 37.2 Å². The summed E-state index contributed by atoms with van der Waals surface area (Å²) in [5.41, 5.74) is 0. The Morgan fingerprint density at radius 3 is 0.800 bits per heavy atom. The van der Waals surface area contributed by atoms with E-state index >= 15 is 0 Å². The van der Waals surface area contributed by atoms with E-state index < -0.39 is 6.10 Å². The monoisotopic (exact) mass is 1100 g/mol. The Morgan fingerprint density at radius 2 is 0.500 bits per heavy atom. The van der Waals surface area contributed by atoms with Crippen molar-refractivity contribution in [2.75, 3.05) is 13.2 Å². The minimum atomic E-state index is -0.819. The Morgan fingerprint density at radius 1 is 0.263 bits per heavy atom. The number of carbonyl (C=O) groups is 3. The van der Waals surface area contributed by atoms with Gasteiger partial charge in [-0.05, 0) is 122 Å². The second-order valence-electron chi connectivity index (χ2n) is 20.9. The minimum absolute atomic E-state index is 0.108. The Bertz CT molecular complexity index is 1790. The van der Waals surface area contributed by atoms with Gasteiger partial charge < -0.3 is 14.2 Å². The van der Waals surface area contributed by atoms with Crippen molar-refractivity contribution in [3.8, 4) is 0 Å². The van der Waals surface area contributed by atoms with Crippen LogP contribution in [-0.2, 0) is 28.6 Å². The summed E-state index contributed by atoms with van der Waals surface area (Å²) in [5.74, 6) is -0.978. The van der Waals surface area contributed by atoms with Gasteiger partial charge in [0.2, 0.25) is 0 Å². The normalized spacial score (nSPS) is 13.2. The molecule has 0 aromatic heterocycles. The van der Waals surface area contributed by atoms with Crippen molar-refractivity contribution in [3.63, 3.8) is 0 Å². The fourth-order valence-corrected chi connectivity index (χ4v) is 8.49. The quantitative estimate of drug-likeness (QED) is 0.0261. The zero-order valence-electron chi connectivity index (χ0n) is 51.5. The Hall–Kier alpha value is -4.97. The molecule has 0 bridgehead atoms. The van der Waals surface area contributed by atoms with Gasteiger partial charge in [0.1, 0.15) is 13.2 Å². The molecule has 0 amide bonds. The molecule has 0 aliphatic rings. The lowest BCUT2D eigenvalue weighted by molar-refractivity contribution is -0.167. The maximum absolute atomic E-state index is 12.9. The van der Waals surface area contributed by atoms with Crippen molar-refractivity contribution >= 4 is 17.9 Å². The highest BCUT2D eigenvalue weighted by atomic mass is 16.6. The molecule has 0 radical (unpaired) electrons. The maximum atomic E-state index is 12.9. The highest BCUT2D eigenvalue weighted by molar-refractivity contribution is 5.71. The third-order valence-corrected chi connectivity index (χ3v) is 13.3. The topological polar surface area (TPSA) is 78.9 Å². The van der Waals surface area contributed by atoms with Crippen LogP contribution in [0.5, 0.6) is 0 Å². The molecule has 0 aromatic rings. The third-order valence-electron chi connectivity index (χ3n) is 13.3. The summed E-state index contributed by atoms with van der Waals surface area (Å²) in [7, 11) is 0. The van der Waals surface area contributed by atoms with Gasteiger partial charge in [-0.3, -0.25) is 14.4 Å². The van der Waals surface area contributed by atoms with Crippen molar-refractivity contribution in [3.05, 3.63) is 158 Å². The summed E-state index contributed by atoms with van der Waals surface area (Å²) in [5, 5.41) is 0. The van der Waals surface area contributed by atoms with Gasteiger partial charge in [-0.1, -0.05) is 288 Å². The summed E-state index contributed by atoms with van der Waals surface area (Å²) >= 11 is 0. The number of ether oxygens (including phenoxy) is 3. The van der Waals surface area contributed by atoms with Crippen LogP contribution in [0.2, 0.25) is 0 Å². The molecule has 0 heterocycles. The van der Waals surface area contributed by atoms with E-state index in [9.17, 15) is 14.4 Å². The van der Waals surface area contributed by atoms with Crippen molar-refractivity contribution in [2.24, 2.45) is 0 Å². The van der Waals surface area contributed by atoms with Crippen LogP contribution in [0, 0.1) is 0 Å². The number of hydrogen-bond donors (Lipinski definition) is 0. The van der Waals surface area contributed by atoms with E-state index in [1.807, 2.05) is 0 Å². The standard InChI is InChI=1S/C74H118O6/c1-4-7-10-13-16-19-22-25-27-29-31-33-35-36-37-38-40-41-43-45-47-49-52-55-58-61-64-67-73(76)79-70-71(69-78-72(75)66-63-60-57-54-51-24-21-18-15-12-9-6-3)80-74(77)68-65-62-59-56-53-50-48-46-44-42-39-34-32-30-28-26-23-20-17-14-11-8-5-2/h7-8,10-11,16-17,19-20,25-28,31-34,36-37,40-42,44,48,50,56,59,71H,4-6,9,12-15,18,21-24,29-30,35,38-39,43,45-47,49,51-55,57-58,60-70H2,1-3H3/b10-7-,11-8-,19-16-,20-17-,27-25-,28-26-,33-31-,34-32-,37-36-,41-40-,44-42-,50-48-,59-56-. The van der Waals surface area contributed by atoms with Crippen LogP contribution in [0.1, 0.15) is 271 Å². The van der Waals surface area contributed by atoms with E-state index in [1.165, 1.54) is 89.9 Å². The average Bonchev–Trinajstić information content (AvgIpc) is 3.46. The van der Waals surface area contributed by atoms with Crippen LogP contribution in [0.25, 0.3) is 0 Å². The molecule has 6 heteroatoms. The molecule has 0 spiro atoms. The molecule has 6 nitrogen and oxygen atoms in total. The Labute approximate surface area is 492 Å². The van der Waals surface area contributed by atoms with E-state index in [1.54, 1.807) is 0 Å². The van der Waals surface area contributed by atoms with Gasteiger partial charge in [-0.15, -0.1) is 0 Å². The second-order valence-corrected chi connectivity index (χ2v) is 20.9. The highest BCUT2D eigenvalue weighted by Crippen LogP contribution is 2.15. The maximum Gasteiger partial charge on any atom is 0.306 e. The lowest BCUT2D eigenvalue weighted by Gasteiger charge is -2.18. The van der Waals surface area contributed by atoms with E-state index in [0.717, 1.165) is 135 Å². The van der Waals surface area contributed by atoms with Gasteiger partial charge in [0.25, 0.3) is 0 Å². The SMILES string of the molecule is CC/C=C\C/C=C\C/C=C\C/C=C\C/C=C\C/C=C\C/C=C\CCCC(=O)OC(COC(=O)CCCCCCCCCC/C=C\C/C=C\C/C=C\C/C=C\C/C=C\C/C=C\CC)COC(=O)CCCCCCCCCCCCCC. The molecular weight excluding hydrogens is 985 g/mol. The van der Waals surface area contributed by atoms with Crippen molar-refractivity contribution in [2.45, 2.75) is 277 Å². The third kappa shape index (κ3) is 63.9. The van der Waals surface area contributed by atoms with Crippen LogP contribution in [0.3, 0.4) is 0 Å². The summed E-state index contributed by atoms with van der Waals surface area (Å²) in [6.45, 7) is 6.36. The first-order valence-electron chi connectivity index (χ1n) is 32.5. The zero-order valence-corrected chi connectivity index (χ0v) is 51.5. The fraction of sp³-hybridized carbons (Fsp3) is 0.608. The van der Waals surface area contributed by atoms with E-state index in [0.29, 0.717) is 19.3 Å². The largest absolute Gasteiger partial charge is 0.462 e. The summed E-state index contributed by atoms with van der Waals surface area (Å²) < 4.78 is 16.9. The zero-order chi connectivity index (χ0) is 57.8. The summed E-state index contributed by atoms with van der Waals surface area (Å²) in [6, 6.07) is 0. The molecule has 1 unspecified atom stereocenters. The van der Waals surface area contributed by atoms with Gasteiger partial charge in [0.15, 0.2) is 6.10 Å². The van der Waals surface area contributed by atoms with Gasteiger partial charge in [0, 0.05) is 19.3 Å². The number of carbonyl (C=O) groups excluding carboxylic acids is 3. The van der Waals surface area contributed by atoms with Crippen LogP contribution >= 0.6 is 0 Å². The summed E-state index contributed by atoms with van der Waals surface area (Å²) in [4.78, 5) is 38.3. The average molecular weight is 1100 g/mol. The van der Waals surface area contributed by atoms with E-state index in [2.05, 4.69) is 179 Å². The molecule has 0 rings (SSSR count). The molecule has 0 saturated carbocycles. The second kappa shape index (κ2) is 66.5. The van der Waals surface area contributed by atoms with Gasteiger partial charge >= 0.3 is 17.9 Å². The van der Waals surface area contributed by atoms with Crippen LogP contribution < -0.4 is 0 Å². The van der Waals surface area contributed by atoms with Crippen molar-refractivity contribution in [1.82, 2.24) is 0 Å². The molecule has 0 aliphatic heterocycles. The molecule has 0 fully saturated rings. The fourth-order valence-electron chi connectivity index (χ4n) is 8.49. The van der Waals surface area contributed by atoms with Crippen LogP contribution in [0.4, 0.5) is 0 Å². The lowest BCUT2D eigenvalue weighted by atomic mass is 10.0. The van der Waals surface area contributed by atoms with E-state index in [4.69, 9.17) is 14.2 Å². The predicted molar refractivity (Wildman–Crippen MR) is 348 cm³/mol. The molecular formula is C74H118O6. The number of hydrogen-bond acceptors (Lipinski definition) is 6. The minimum Gasteiger partial charge on any atom is -0.462 e. The molecule has 0 aromatic carbocycles. The predicted octanol–water partition coefficient (Wildman–Crippen LogP) is 22.5. The first kappa shape index (κ1) is 75.0. The molecule has 0 N–H and O–H groups in total. The lowest BCUT2D eigenvalue weighted by Crippen LogP contribution is -2.30. The Kier molecular flexibility index (Phi) is 62.4. The smallest absolute Gasteiger partial charge is 0.306 e. The molecule has 0 saturated heterocycles.